The fraction of sp³-hybridized carbons (Fsp3) is 0.421. The first kappa shape index (κ1) is 23.3. The highest BCUT2D eigenvalue weighted by atomic mass is 35.5. The molecule has 10 nitrogen and oxygen atoms in total. The van der Waals surface area contributed by atoms with Gasteiger partial charge in [-0.2, -0.15) is 0 Å². The van der Waals surface area contributed by atoms with Gasteiger partial charge in [-0.25, -0.2) is 0 Å². The van der Waals surface area contributed by atoms with E-state index in [9.17, 15) is 24.0 Å². The van der Waals surface area contributed by atoms with Crippen LogP contribution in [0.15, 0.2) is 18.2 Å². The lowest BCUT2D eigenvalue weighted by atomic mass is 10.0. The van der Waals surface area contributed by atoms with Gasteiger partial charge in [0.2, 0.25) is 11.8 Å². The summed E-state index contributed by atoms with van der Waals surface area (Å²) in [4.78, 5) is 63.7. The molecule has 0 spiro atoms. The van der Waals surface area contributed by atoms with Gasteiger partial charge in [0.25, 0.3) is 17.7 Å². The van der Waals surface area contributed by atoms with E-state index in [0.29, 0.717) is 13.1 Å². The summed E-state index contributed by atoms with van der Waals surface area (Å²) in [6.07, 6.45) is 0.113. The molecule has 2 N–H and O–H groups in total. The Morgan fingerprint density at radius 2 is 2.00 bits per heavy atom. The Labute approximate surface area is 179 Å². The molecule has 2 heterocycles. The summed E-state index contributed by atoms with van der Waals surface area (Å²) in [6.45, 7) is 0.819. The molecule has 3 rings (SSSR count). The molecule has 1 fully saturated rings. The minimum Gasteiger partial charge on any atom is -0.483 e. The number of ether oxygens (including phenoxy) is 1. The van der Waals surface area contributed by atoms with Crippen molar-refractivity contribution in [2.45, 2.75) is 18.9 Å². The summed E-state index contributed by atoms with van der Waals surface area (Å²) in [5, 5.41) is 5.09. The number of rotatable bonds is 7. The summed E-state index contributed by atoms with van der Waals surface area (Å²) in [5.41, 5.74) is 0.126. The van der Waals surface area contributed by atoms with Gasteiger partial charge >= 0.3 is 0 Å². The number of benzene rings is 1. The summed E-state index contributed by atoms with van der Waals surface area (Å²) in [7, 11) is 3.41. The Morgan fingerprint density at radius 1 is 1.27 bits per heavy atom. The molecule has 5 amide bonds. The van der Waals surface area contributed by atoms with E-state index in [0.717, 1.165) is 4.90 Å². The van der Waals surface area contributed by atoms with Crippen molar-refractivity contribution >= 4 is 41.9 Å². The summed E-state index contributed by atoms with van der Waals surface area (Å²) in [6, 6.07) is 3.46. The normalized spacial score (nSPS) is 17.9. The molecule has 2 aliphatic heterocycles. The summed E-state index contributed by atoms with van der Waals surface area (Å²) >= 11 is 0. The Hall–Kier alpha value is -2.98. The number of nitrogens with zero attached hydrogens (tertiary/aromatic N) is 2. The number of piperidine rings is 1. The minimum atomic E-state index is -1.05. The maximum absolute atomic E-state index is 12.9. The summed E-state index contributed by atoms with van der Waals surface area (Å²) < 4.78 is 5.54. The molecule has 0 saturated carbocycles. The zero-order valence-electron chi connectivity index (χ0n) is 16.6. The predicted molar refractivity (Wildman–Crippen MR) is 107 cm³/mol. The minimum absolute atomic E-state index is 0. The largest absolute Gasteiger partial charge is 0.483 e. The summed E-state index contributed by atoms with van der Waals surface area (Å²) in [5.74, 6) is -2.59. The number of nitrogens with one attached hydrogen (secondary N) is 2. The van der Waals surface area contributed by atoms with Crippen LogP contribution >= 0.6 is 12.4 Å². The molecule has 1 atom stereocenters. The van der Waals surface area contributed by atoms with Crippen molar-refractivity contribution < 1.29 is 28.7 Å². The average molecular weight is 439 g/mol. The van der Waals surface area contributed by atoms with Crippen LogP contribution < -0.4 is 15.4 Å². The fourth-order valence-electron chi connectivity index (χ4n) is 3.26. The van der Waals surface area contributed by atoms with Gasteiger partial charge in [-0.1, -0.05) is 6.07 Å². The third kappa shape index (κ3) is 4.44. The van der Waals surface area contributed by atoms with Crippen molar-refractivity contribution in [3.8, 4) is 5.75 Å². The Kier molecular flexibility index (Phi) is 7.52. The monoisotopic (exact) mass is 438 g/mol. The molecule has 1 aromatic carbocycles. The van der Waals surface area contributed by atoms with Crippen LogP contribution in [0.5, 0.6) is 5.75 Å². The van der Waals surface area contributed by atoms with Crippen molar-refractivity contribution in [2.75, 3.05) is 33.8 Å². The number of carbonyl (C=O) groups excluding carboxylic acids is 5. The molecule has 0 aliphatic carbocycles. The van der Waals surface area contributed by atoms with Crippen LogP contribution in [0.3, 0.4) is 0 Å². The molecule has 1 aromatic rings. The van der Waals surface area contributed by atoms with Crippen molar-refractivity contribution in [1.82, 2.24) is 20.4 Å². The van der Waals surface area contributed by atoms with Crippen molar-refractivity contribution in [1.29, 1.82) is 0 Å². The van der Waals surface area contributed by atoms with Gasteiger partial charge in [-0.15, -0.1) is 12.4 Å². The number of imide groups is 2. The molecule has 1 unspecified atom stereocenters. The van der Waals surface area contributed by atoms with Crippen LogP contribution in [0.4, 0.5) is 0 Å². The highest BCUT2D eigenvalue weighted by Gasteiger charge is 2.46. The number of likely N-dealkylation sites (N-methyl/N-ethyl adjacent to an activating group) is 2. The third-order valence-corrected chi connectivity index (χ3v) is 4.90. The maximum atomic E-state index is 12.9. The topological polar surface area (TPSA) is 125 Å². The third-order valence-electron chi connectivity index (χ3n) is 4.90. The van der Waals surface area contributed by atoms with Gasteiger partial charge in [0.1, 0.15) is 11.8 Å². The first-order valence-corrected chi connectivity index (χ1v) is 9.21. The lowest BCUT2D eigenvalue weighted by Crippen LogP contribution is -2.54. The Bertz CT molecular complexity index is 890. The van der Waals surface area contributed by atoms with Gasteiger partial charge in [-0.05, 0) is 25.6 Å². The van der Waals surface area contributed by atoms with Crippen LogP contribution in [0.1, 0.15) is 33.6 Å². The maximum Gasteiger partial charge on any atom is 0.266 e. The van der Waals surface area contributed by atoms with Crippen molar-refractivity contribution in [3.63, 3.8) is 0 Å². The van der Waals surface area contributed by atoms with Crippen molar-refractivity contribution in [3.05, 3.63) is 29.3 Å². The number of hydrogen-bond acceptors (Lipinski definition) is 7. The molecule has 162 valence electrons. The van der Waals surface area contributed by atoms with E-state index in [1.807, 2.05) is 0 Å². The lowest BCUT2D eigenvalue weighted by molar-refractivity contribution is -0.136. The average Bonchev–Trinajstić information content (AvgIpc) is 2.95. The first-order valence-electron chi connectivity index (χ1n) is 9.21. The van der Waals surface area contributed by atoms with E-state index in [1.54, 1.807) is 20.2 Å². The highest BCUT2D eigenvalue weighted by molar-refractivity contribution is 6.24. The van der Waals surface area contributed by atoms with E-state index >= 15 is 0 Å². The molecular weight excluding hydrogens is 416 g/mol. The number of amides is 5. The number of halogens is 1. The van der Waals surface area contributed by atoms with E-state index in [1.165, 1.54) is 17.0 Å². The molecule has 2 aliphatic rings. The second kappa shape index (κ2) is 9.68. The van der Waals surface area contributed by atoms with Crippen LogP contribution in [-0.4, -0.2) is 79.2 Å². The predicted octanol–water partition coefficient (Wildman–Crippen LogP) is -0.434. The molecule has 30 heavy (non-hydrogen) atoms. The van der Waals surface area contributed by atoms with E-state index in [2.05, 4.69) is 10.6 Å². The zero-order chi connectivity index (χ0) is 21.1. The van der Waals surface area contributed by atoms with E-state index in [-0.39, 0.29) is 54.6 Å². The van der Waals surface area contributed by atoms with Crippen LogP contribution in [0, 0.1) is 0 Å². The second-order valence-electron chi connectivity index (χ2n) is 6.83. The molecule has 1 saturated heterocycles. The lowest BCUT2D eigenvalue weighted by Gasteiger charge is -2.27. The van der Waals surface area contributed by atoms with Crippen LogP contribution in [-0.2, 0) is 14.4 Å². The quantitative estimate of drug-likeness (QED) is 0.553. The molecule has 0 radical (unpaired) electrons. The van der Waals surface area contributed by atoms with Crippen LogP contribution in [0.2, 0.25) is 0 Å². The molecular formula is C19H23ClN4O6. The second-order valence-corrected chi connectivity index (χ2v) is 6.83. The van der Waals surface area contributed by atoms with Crippen LogP contribution in [0.25, 0.3) is 0 Å². The van der Waals surface area contributed by atoms with Gasteiger partial charge in [-0.3, -0.25) is 34.2 Å². The molecule has 0 bridgehead atoms. The Morgan fingerprint density at radius 3 is 2.67 bits per heavy atom. The fourth-order valence-corrected chi connectivity index (χ4v) is 3.26. The Balaban J connectivity index is 0.00000320. The van der Waals surface area contributed by atoms with Gasteiger partial charge in [0.05, 0.1) is 11.1 Å². The van der Waals surface area contributed by atoms with E-state index in [4.69, 9.17) is 4.74 Å². The van der Waals surface area contributed by atoms with Gasteiger partial charge in [0, 0.05) is 26.6 Å². The highest BCUT2D eigenvalue weighted by Crippen LogP contribution is 2.33. The molecule has 11 heteroatoms. The molecule has 0 aromatic heterocycles. The smallest absolute Gasteiger partial charge is 0.266 e. The van der Waals surface area contributed by atoms with Crippen molar-refractivity contribution in [2.24, 2.45) is 0 Å². The standard InChI is InChI=1S/C19H22N4O6.ClH/c1-20-8-9-22(2)15(25)10-29-13-5-3-4-11-16(13)19(28)23(18(11)27)12-6-7-14(24)21-17(12)26;/h3-5,12,20H,6-10H2,1-2H3,(H,21,24,26);1H. The number of carbonyl (C=O) groups is 5. The SMILES string of the molecule is CNCCN(C)C(=O)COc1cccc2c1C(=O)N(C1CCC(=O)NC1=O)C2=O.Cl. The number of fused-ring (bicyclic) bond motifs is 1. The van der Waals surface area contributed by atoms with Gasteiger partial charge < -0.3 is 15.0 Å². The van der Waals surface area contributed by atoms with E-state index < -0.39 is 29.7 Å². The first-order chi connectivity index (χ1) is 13.8. The zero-order valence-corrected chi connectivity index (χ0v) is 17.4. The number of hydrogen-bond donors (Lipinski definition) is 2. The van der Waals surface area contributed by atoms with Gasteiger partial charge in [0.15, 0.2) is 6.61 Å².